The van der Waals surface area contributed by atoms with E-state index in [1.807, 2.05) is 0 Å². The molecule has 5 heteroatoms. The third-order valence-electron chi connectivity index (χ3n) is 3.38. The maximum atomic E-state index is 12.5. The molecule has 0 aliphatic heterocycles. The summed E-state index contributed by atoms with van der Waals surface area (Å²) in [5.41, 5.74) is 0.598. The van der Waals surface area contributed by atoms with Crippen molar-refractivity contribution >= 4 is 17.3 Å². The molecule has 1 aliphatic rings. The monoisotopic (exact) mass is 269 g/mol. The Morgan fingerprint density at radius 2 is 2.05 bits per heavy atom. The van der Waals surface area contributed by atoms with E-state index < -0.39 is 5.78 Å². The Labute approximate surface area is 114 Å². The van der Waals surface area contributed by atoms with E-state index in [1.165, 1.54) is 12.3 Å². The second kappa shape index (κ2) is 4.23. The molecule has 0 spiro atoms. The number of aryl methyl sites for hydroxylation is 1. The van der Waals surface area contributed by atoms with Crippen LogP contribution in [-0.4, -0.2) is 22.3 Å². The van der Waals surface area contributed by atoms with Crippen molar-refractivity contribution < 1.29 is 18.8 Å². The fourth-order valence-electron chi connectivity index (χ4n) is 2.45. The van der Waals surface area contributed by atoms with Crippen LogP contribution in [0.2, 0.25) is 0 Å². The Morgan fingerprint density at radius 1 is 1.30 bits per heavy atom. The highest BCUT2D eigenvalue weighted by Gasteiger charge is 2.38. The minimum Gasteiger partial charge on any atom is -0.456 e. The molecule has 0 amide bonds. The van der Waals surface area contributed by atoms with E-state index in [2.05, 4.69) is 4.98 Å². The Hall–Kier alpha value is -2.56. The molecule has 0 saturated carbocycles. The largest absolute Gasteiger partial charge is 0.456 e. The smallest absolute Gasteiger partial charge is 0.248 e. The summed E-state index contributed by atoms with van der Waals surface area (Å²) >= 11 is 0. The van der Waals surface area contributed by atoms with E-state index in [9.17, 15) is 14.4 Å². The molecule has 0 atom stereocenters. The maximum Gasteiger partial charge on any atom is 0.248 e. The molecule has 0 saturated heterocycles. The molecule has 3 rings (SSSR count). The van der Waals surface area contributed by atoms with Gasteiger partial charge in [0, 0.05) is 12.6 Å². The lowest BCUT2D eigenvalue weighted by atomic mass is 9.88. The van der Waals surface area contributed by atoms with Gasteiger partial charge in [0.05, 0.1) is 16.7 Å². The number of rotatable bonds is 2. The first-order valence-electron chi connectivity index (χ1n) is 6.27. The van der Waals surface area contributed by atoms with Crippen molar-refractivity contribution in [2.45, 2.75) is 20.3 Å². The zero-order chi connectivity index (χ0) is 14.4. The molecule has 0 radical (unpaired) electrons. The minimum atomic E-state index is -0.451. The number of nitrogens with zero attached hydrogens (tertiary/aromatic N) is 1. The van der Waals surface area contributed by atoms with Crippen molar-refractivity contribution in [3.8, 4) is 0 Å². The average molecular weight is 269 g/mol. The first-order valence-corrected chi connectivity index (χ1v) is 6.27. The van der Waals surface area contributed by atoms with Gasteiger partial charge in [-0.3, -0.25) is 19.4 Å². The molecule has 5 nitrogen and oxygen atoms in total. The van der Waals surface area contributed by atoms with Crippen LogP contribution in [-0.2, 0) is 0 Å². The van der Waals surface area contributed by atoms with Gasteiger partial charge in [-0.1, -0.05) is 6.92 Å². The van der Waals surface area contributed by atoms with Crippen molar-refractivity contribution in [2.24, 2.45) is 0 Å². The van der Waals surface area contributed by atoms with Crippen LogP contribution in [0, 0.1) is 6.92 Å². The van der Waals surface area contributed by atoms with Gasteiger partial charge in [0.25, 0.3) is 0 Å². The Morgan fingerprint density at radius 3 is 2.75 bits per heavy atom. The predicted octanol–water partition coefficient (Wildman–Crippen LogP) is 2.35. The second-order valence-corrected chi connectivity index (χ2v) is 4.57. The summed E-state index contributed by atoms with van der Waals surface area (Å²) in [6.45, 7) is 3.28. The first kappa shape index (κ1) is 12.5. The molecule has 1 aliphatic carbocycles. The number of hydrogen-bond donors (Lipinski definition) is 0. The van der Waals surface area contributed by atoms with Gasteiger partial charge in [0.2, 0.25) is 5.78 Å². The number of furan rings is 1. The van der Waals surface area contributed by atoms with Gasteiger partial charge in [-0.25, -0.2) is 0 Å². The van der Waals surface area contributed by atoms with E-state index in [1.54, 1.807) is 19.9 Å². The molecule has 20 heavy (non-hydrogen) atoms. The predicted molar refractivity (Wildman–Crippen MR) is 69.2 cm³/mol. The van der Waals surface area contributed by atoms with E-state index in [4.69, 9.17) is 4.42 Å². The molecule has 0 aromatic carbocycles. The van der Waals surface area contributed by atoms with E-state index in [0.717, 1.165) is 0 Å². The molecule has 0 bridgehead atoms. The van der Waals surface area contributed by atoms with Crippen LogP contribution in [0.4, 0.5) is 0 Å². The number of hydrogen-bond acceptors (Lipinski definition) is 5. The van der Waals surface area contributed by atoms with Gasteiger partial charge in [-0.2, -0.15) is 0 Å². The summed E-state index contributed by atoms with van der Waals surface area (Å²) in [7, 11) is 0. The fraction of sp³-hybridized carbons (Fsp3) is 0.200. The quantitative estimate of drug-likeness (QED) is 0.667. The second-order valence-electron chi connectivity index (χ2n) is 4.57. The number of carbonyl (C=O) groups is 3. The Kier molecular flexibility index (Phi) is 2.64. The van der Waals surface area contributed by atoms with Gasteiger partial charge >= 0.3 is 0 Å². The van der Waals surface area contributed by atoms with Crippen LogP contribution in [0.15, 0.2) is 22.7 Å². The lowest BCUT2D eigenvalue weighted by molar-refractivity contribution is 0.0950. The van der Waals surface area contributed by atoms with Crippen LogP contribution in [0.1, 0.15) is 61.6 Å². The minimum absolute atomic E-state index is 0.0736. The van der Waals surface area contributed by atoms with E-state index >= 15 is 0 Å². The van der Waals surface area contributed by atoms with Crippen LogP contribution < -0.4 is 0 Å². The molecule has 100 valence electrons. The van der Waals surface area contributed by atoms with Crippen molar-refractivity contribution in [3.05, 3.63) is 52.2 Å². The van der Waals surface area contributed by atoms with Crippen molar-refractivity contribution in [1.82, 2.24) is 4.98 Å². The highest BCUT2D eigenvalue weighted by atomic mass is 16.4. The molecule has 0 fully saturated rings. The van der Waals surface area contributed by atoms with Crippen LogP contribution in [0.3, 0.4) is 0 Å². The highest BCUT2D eigenvalue weighted by molar-refractivity contribution is 6.29. The lowest BCUT2D eigenvalue weighted by Gasteiger charge is -2.12. The zero-order valence-electron chi connectivity index (χ0n) is 11.0. The average Bonchev–Trinajstić information content (AvgIpc) is 2.82. The topological polar surface area (TPSA) is 77.2 Å². The van der Waals surface area contributed by atoms with Crippen molar-refractivity contribution in [2.75, 3.05) is 0 Å². The number of Topliss-reactive ketones (excluding diaryl/α,β-unsaturated/α-hetero) is 1. The molecule has 2 aromatic rings. The number of carbonyl (C=O) groups excluding carboxylic acids is 3. The normalized spacial score (nSPS) is 13.1. The summed E-state index contributed by atoms with van der Waals surface area (Å²) in [5.74, 6) is -0.808. The van der Waals surface area contributed by atoms with Crippen LogP contribution in [0.5, 0.6) is 0 Å². The molecule has 0 unspecified atom stereocenters. The summed E-state index contributed by atoms with van der Waals surface area (Å²) in [6, 6.07) is 3.12. The summed E-state index contributed by atoms with van der Waals surface area (Å²) < 4.78 is 5.37. The number of pyridine rings is 1. The number of ketones is 3. The lowest BCUT2D eigenvalue weighted by Crippen LogP contribution is -2.22. The third kappa shape index (κ3) is 1.49. The standard InChI is InChI=1S/C15H11NO4/c1-3-9(17)10-7(2)20-15-11(10)13(18)8-5-4-6-16-12(8)14(15)19/h4-6H,3H2,1-2H3. The molecular formula is C15H11NO4. The molecule has 2 aromatic heterocycles. The molecule has 0 N–H and O–H groups in total. The van der Waals surface area contributed by atoms with Crippen molar-refractivity contribution in [1.29, 1.82) is 0 Å². The maximum absolute atomic E-state index is 12.5. The highest BCUT2D eigenvalue weighted by Crippen LogP contribution is 2.32. The van der Waals surface area contributed by atoms with Gasteiger partial charge in [0.15, 0.2) is 17.3 Å². The molecular weight excluding hydrogens is 258 g/mol. The van der Waals surface area contributed by atoms with Gasteiger partial charge in [-0.15, -0.1) is 0 Å². The summed E-state index contributed by atoms with van der Waals surface area (Å²) in [4.78, 5) is 40.7. The number of fused-ring (bicyclic) bond motifs is 2. The first-order chi connectivity index (χ1) is 9.56. The third-order valence-corrected chi connectivity index (χ3v) is 3.38. The molecule has 2 heterocycles. The van der Waals surface area contributed by atoms with E-state index in [0.29, 0.717) is 5.76 Å². The summed E-state index contributed by atoms with van der Waals surface area (Å²) in [5, 5.41) is 0. The van der Waals surface area contributed by atoms with Gasteiger partial charge in [-0.05, 0) is 19.1 Å². The number of aromatic nitrogens is 1. The Balaban J connectivity index is 2.32. The van der Waals surface area contributed by atoms with Crippen molar-refractivity contribution in [3.63, 3.8) is 0 Å². The fourth-order valence-corrected chi connectivity index (χ4v) is 2.45. The summed E-state index contributed by atoms with van der Waals surface area (Å²) in [6.07, 6.45) is 1.69. The Bertz CT molecular complexity index is 770. The van der Waals surface area contributed by atoms with E-state index in [-0.39, 0.29) is 46.1 Å². The zero-order valence-corrected chi connectivity index (χ0v) is 11.0. The van der Waals surface area contributed by atoms with Gasteiger partial charge in [0.1, 0.15) is 11.5 Å². The van der Waals surface area contributed by atoms with Gasteiger partial charge < -0.3 is 4.42 Å². The van der Waals surface area contributed by atoms with Crippen LogP contribution >= 0.6 is 0 Å². The SMILES string of the molecule is CCC(=O)c1c(C)oc2c1C(=O)c1cccnc1C2=O. The van der Waals surface area contributed by atoms with Crippen LogP contribution in [0.25, 0.3) is 0 Å².